The van der Waals surface area contributed by atoms with Gasteiger partial charge < -0.3 is 15.1 Å². The summed E-state index contributed by atoms with van der Waals surface area (Å²) in [6, 6.07) is 6.53. The Morgan fingerprint density at radius 2 is 1.89 bits per heavy atom. The van der Waals surface area contributed by atoms with Crippen LogP contribution in [0.5, 0.6) is 0 Å². The van der Waals surface area contributed by atoms with Crippen molar-refractivity contribution in [1.29, 1.82) is 0 Å². The number of carbonyl (C=O) groups is 2. The summed E-state index contributed by atoms with van der Waals surface area (Å²) in [5, 5.41) is 3.06. The van der Waals surface area contributed by atoms with Gasteiger partial charge in [0.1, 0.15) is 0 Å². The summed E-state index contributed by atoms with van der Waals surface area (Å²) >= 11 is 0. The smallest absolute Gasteiger partial charge is 0.228 e. The fourth-order valence-corrected chi connectivity index (χ4v) is 4.48. The molecule has 3 rings (SSSR count). The topological polar surface area (TPSA) is 52.7 Å². The Morgan fingerprint density at radius 3 is 2.54 bits per heavy atom. The van der Waals surface area contributed by atoms with Crippen LogP contribution in [0.4, 0.5) is 11.4 Å². The molecule has 28 heavy (non-hydrogen) atoms. The molecule has 0 radical (unpaired) electrons. The number of piperidine rings is 1. The van der Waals surface area contributed by atoms with Gasteiger partial charge in [0.05, 0.1) is 11.8 Å². The van der Waals surface area contributed by atoms with Crippen LogP contribution in [0.25, 0.3) is 0 Å². The second-order valence-corrected chi connectivity index (χ2v) is 8.20. The quantitative estimate of drug-likeness (QED) is 0.765. The van der Waals surface area contributed by atoms with Crippen molar-refractivity contribution in [3.8, 4) is 0 Å². The number of nitrogens with one attached hydrogen (secondary N) is 1. The fraction of sp³-hybridized carbons (Fsp3) is 0.652. The Kier molecular flexibility index (Phi) is 6.63. The summed E-state index contributed by atoms with van der Waals surface area (Å²) in [6.45, 7) is 11.2. The molecule has 1 saturated heterocycles. The summed E-state index contributed by atoms with van der Waals surface area (Å²) < 4.78 is 0. The number of nitrogens with zero attached hydrogens (tertiary/aromatic N) is 2. The maximum absolute atomic E-state index is 12.9. The maximum Gasteiger partial charge on any atom is 0.228 e. The number of aryl methyl sites for hydroxylation is 1. The summed E-state index contributed by atoms with van der Waals surface area (Å²) in [6.07, 6.45) is 5.09. The molecule has 1 aromatic rings. The van der Waals surface area contributed by atoms with Gasteiger partial charge in [-0.25, -0.2) is 0 Å². The lowest BCUT2D eigenvalue weighted by molar-refractivity contribution is -0.137. The van der Waals surface area contributed by atoms with Crippen molar-refractivity contribution in [3.05, 3.63) is 23.8 Å². The predicted octanol–water partition coefficient (Wildman–Crippen LogP) is 4.21. The van der Waals surface area contributed by atoms with E-state index in [1.54, 1.807) is 0 Å². The Balaban J connectivity index is 1.60. The van der Waals surface area contributed by atoms with Gasteiger partial charge in [-0.1, -0.05) is 6.92 Å². The van der Waals surface area contributed by atoms with Crippen LogP contribution >= 0.6 is 0 Å². The summed E-state index contributed by atoms with van der Waals surface area (Å²) in [4.78, 5) is 29.9. The minimum Gasteiger partial charge on any atom is -0.372 e. The van der Waals surface area contributed by atoms with E-state index in [0.29, 0.717) is 12.5 Å². The molecule has 2 amide bonds. The highest BCUT2D eigenvalue weighted by atomic mass is 16.2. The highest BCUT2D eigenvalue weighted by Crippen LogP contribution is 2.42. The van der Waals surface area contributed by atoms with E-state index in [4.69, 9.17) is 0 Å². The van der Waals surface area contributed by atoms with Crippen LogP contribution in [-0.4, -0.2) is 42.4 Å². The number of anilines is 2. The summed E-state index contributed by atoms with van der Waals surface area (Å²) in [5.74, 6) is -0.112. The van der Waals surface area contributed by atoms with Gasteiger partial charge in [-0.05, 0) is 76.6 Å². The molecule has 5 heteroatoms. The van der Waals surface area contributed by atoms with Crippen molar-refractivity contribution in [3.63, 3.8) is 0 Å². The molecule has 1 heterocycles. The Bertz CT molecular complexity index is 714. The lowest BCUT2D eigenvalue weighted by atomic mass is 9.99. The minimum atomic E-state index is -0.172. The Hall–Kier alpha value is -2.04. The van der Waals surface area contributed by atoms with Crippen LogP contribution in [0.2, 0.25) is 0 Å². The molecule has 1 aliphatic heterocycles. The Labute approximate surface area is 169 Å². The van der Waals surface area contributed by atoms with Crippen LogP contribution in [0.1, 0.15) is 58.4 Å². The number of likely N-dealkylation sites (tertiary alicyclic amines) is 1. The zero-order chi connectivity index (χ0) is 20.3. The van der Waals surface area contributed by atoms with E-state index >= 15 is 0 Å². The molecule has 1 aliphatic carbocycles. The van der Waals surface area contributed by atoms with Crippen LogP contribution in [0.3, 0.4) is 0 Å². The fourth-order valence-electron chi connectivity index (χ4n) is 4.48. The molecular formula is C23H35N3O2. The van der Waals surface area contributed by atoms with E-state index in [0.717, 1.165) is 50.1 Å². The van der Waals surface area contributed by atoms with E-state index < -0.39 is 0 Å². The monoisotopic (exact) mass is 385 g/mol. The van der Waals surface area contributed by atoms with E-state index in [2.05, 4.69) is 43.1 Å². The summed E-state index contributed by atoms with van der Waals surface area (Å²) in [7, 11) is 0. The van der Waals surface area contributed by atoms with E-state index in [1.807, 2.05) is 17.9 Å². The first-order valence-corrected chi connectivity index (χ1v) is 11.0. The van der Waals surface area contributed by atoms with E-state index in [1.165, 1.54) is 12.1 Å². The van der Waals surface area contributed by atoms with Crippen LogP contribution in [0.15, 0.2) is 18.2 Å². The van der Waals surface area contributed by atoms with Gasteiger partial charge in [-0.2, -0.15) is 0 Å². The first kappa shape index (κ1) is 20.7. The molecule has 0 bridgehead atoms. The number of hydrogen-bond acceptors (Lipinski definition) is 3. The molecule has 154 valence electrons. The first-order valence-electron chi connectivity index (χ1n) is 11.0. The number of hydrogen-bond donors (Lipinski definition) is 1. The molecule has 0 aromatic heterocycles. The highest BCUT2D eigenvalue weighted by Gasteiger charge is 2.50. The van der Waals surface area contributed by atoms with Gasteiger partial charge in [-0.15, -0.1) is 0 Å². The molecule has 1 aromatic carbocycles. The molecule has 1 N–H and O–H groups in total. The predicted molar refractivity (Wildman–Crippen MR) is 115 cm³/mol. The van der Waals surface area contributed by atoms with Crippen LogP contribution in [-0.2, 0) is 9.59 Å². The van der Waals surface area contributed by atoms with Crippen LogP contribution in [0, 0.1) is 18.8 Å². The molecular weight excluding hydrogens is 350 g/mol. The second-order valence-electron chi connectivity index (χ2n) is 8.20. The molecule has 0 spiro atoms. The zero-order valence-electron chi connectivity index (χ0n) is 17.8. The highest BCUT2D eigenvalue weighted by molar-refractivity contribution is 6.00. The second kappa shape index (κ2) is 8.97. The number of rotatable bonds is 7. The number of benzene rings is 1. The maximum atomic E-state index is 12.9. The molecule has 5 nitrogen and oxygen atoms in total. The van der Waals surface area contributed by atoms with Crippen molar-refractivity contribution in [2.45, 2.75) is 65.8 Å². The standard InChI is InChI=1S/C23H35N3O2/c1-5-17-10-8-9-13-26(17)23(28)20-15-19(20)22(27)24-21-12-11-18(14-16(21)4)25(6-2)7-3/h11-12,14,17,19-20H,5-10,13,15H2,1-4H3,(H,24,27). The van der Waals surface area contributed by atoms with E-state index in [9.17, 15) is 9.59 Å². The van der Waals surface area contributed by atoms with Crippen molar-refractivity contribution in [2.75, 3.05) is 29.9 Å². The van der Waals surface area contributed by atoms with Gasteiger partial charge >= 0.3 is 0 Å². The molecule has 1 saturated carbocycles. The third-order valence-corrected chi connectivity index (χ3v) is 6.42. The van der Waals surface area contributed by atoms with Crippen molar-refractivity contribution >= 4 is 23.2 Å². The SMILES string of the molecule is CCC1CCCCN1C(=O)C1CC1C(=O)Nc1ccc(N(CC)CC)cc1C. The molecule has 3 unspecified atom stereocenters. The number of carbonyl (C=O) groups excluding carboxylic acids is 2. The summed E-state index contributed by atoms with van der Waals surface area (Å²) in [5.41, 5.74) is 3.09. The normalized spacial score (nSPS) is 24.0. The van der Waals surface area contributed by atoms with Crippen molar-refractivity contribution in [2.24, 2.45) is 11.8 Å². The van der Waals surface area contributed by atoms with Gasteiger partial charge in [-0.3, -0.25) is 9.59 Å². The van der Waals surface area contributed by atoms with Crippen molar-refractivity contribution < 1.29 is 9.59 Å². The lowest BCUT2D eigenvalue weighted by Gasteiger charge is -2.35. The molecule has 3 atom stereocenters. The van der Waals surface area contributed by atoms with Crippen molar-refractivity contribution in [1.82, 2.24) is 4.90 Å². The average Bonchev–Trinajstić information content (AvgIpc) is 3.51. The number of amides is 2. The Morgan fingerprint density at radius 1 is 1.14 bits per heavy atom. The van der Waals surface area contributed by atoms with Crippen LogP contribution < -0.4 is 10.2 Å². The van der Waals surface area contributed by atoms with Gasteiger partial charge in [0.15, 0.2) is 0 Å². The third kappa shape index (κ3) is 4.34. The average molecular weight is 386 g/mol. The third-order valence-electron chi connectivity index (χ3n) is 6.42. The lowest BCUT2D eigenvalue weighted by Crippen LogP contribution is -2.44. The molecule has 2 fully saturated rings. The van der Waals surface area contributed by atoms with E-state index in [-0.39, 0.29) is 23.7 Å². The zero-order valence-corrected chi connectivity index (χ0v) is 17.8. The largest absolute Gasteiger partial charge is 0.372 e. The minimum absolute atomic E-state index is 0.0119. The molecule has 2 aliphatic rings. The van der Waals surface area contributed by atoms with Gasteiger partial charge in [0.2, 0.25) is 11.8 Å². The first-order chi connectivity index (χ1) is 13.5. The van der Waals surface area contributed by atoms with Gasteiger partial charge in [0, 0.05) is 37.1 Å². The van der Waals surface area contributed by atoms with Gasteiger partial charge in [0.25, 0.3) is 0 Å².